The molecule has 2 aromatic rings. The van der Waals surface area contributed by atoms with Gasteiger partial charge in [-0.25, -0.2) is 0 Å². The lowest BCUT2D eigenvalue weighted by Gasteiger charge is -2.09. The fourth-order valence-corrected chi connectivity index (χ4v) is 2.78. The number of rotatable bonds is 5. The van der Waals surface area contributed by atoms with Crippen LogP contribution in [0.4, 0.5) is 18.9 Å². The minimum Gasteiger partial charge on any atom is -0.399 e. The molecule has 0 fully saturated rings. The van der Waals surface area contributed by atoms with Crippen LogP contribution >= 0.6 is 11.8 Å². The van der Waals surface area contributed by atoms with E-state index in [2.05, 4.69) is 9.99 Å². The molecule has 0 aliphatic carbocycles. The van der Waals surface area contributed by atoms with Crippen LogP contribution in [-0.2, 0) is 11.0 Å². The van der Waals surface area contributed by atoms with E-state index < -0.39 is 16.7 Å². The molecule has 0 aliphatic heterocycles. The summed E-state index contributed by atoms with van der Waals surface area (Å²) in [5, 5.41) is 14.7. The first kappa shape index (κ1) is 17.8. The van der Waals surface area contributed by atoms with E-state index >= 15 is 0 Å². The van der Waals surface area contributed by atoms with Crippen LogP contribution in [0.5, 0.6) is 0 Å². The zero-order chi connectivity index (χ0) is 17.7. The van der Waals surface area contributed by atoms with E-state index in [4.69, 9.17) is 0 Å². The summed E-state index contributed by atoms with van der Waals surface area (Å²) in [6, 6.07) is 8.92. The molecule has 9 heteroatoms. The molecule has 2 rings (SSSR count). The van der Waals surface area contributed by atoms with Crippen molar-refractivity contribution in [2.24, 2.45) is 5.16 Å². The Labute approximate surface area is 139 Å². The van der Waals surface area contributed by atoms with Crippen LogP contribution < -0.4 is 0 Å². The summed E-state index contributed by atoms with van der Waals surface area (Å²) in [5.41, 5.74) is -0.589. The van der Waals surface area contributed by atoms with Crippen LogP contribution in [-0.4, -0.2) is 18.2 Å². The molecular formula is C15H11F3N2O3S. The number of halogens is 3. The van der Waals surface area contributed by atoms with Crippen LogP contribution in [0, 0.1) is 10.1 Å². The Hall–Kier alpha value is -2.55. The topological polar surface area (TPSA) is 64.7 Å². The molecule has 0 N–H and O–H groups in total. The monoisotopic (exact) mass is 356 g/mol. The van der Waals surface area contributed by atoms with Gasteiger partial charge in [-0.05, 0) is 24.3 Å². The van der Waals surface area contributed by atoms with Gasteiger partial charge in [0.05, 0.1) is 21.6 Å². The molecule has 0 aromatic heterocycles. The molecule has 0 spiro atoms. The Balaban J connectivity index is 2.36. The van der Waals surface area contributed by atoms with Crippen molar-refractivity contribution >= 4 is 23.7 Å². The second-order valence-corrected chi connectivity index (χ2v) is 5.64. The summed E-state index contributed by atoms with van der Waals surface area (Å²) in [4.78, 5) is 15.6. The highest BCUT2D eigenvalue weighted by Gasteiger charge is 2.30. The molecule has 0 heterocycles. The number of hydrogen-bond donors (Lipinski definition) is 0. The molecule has 0 saturated heterocycles. The van der Waals surface area contributed by atoms with Crippen LogP contribution in [0.25, 0.3) is 0 Å². The van der Waals surface area contributed by atoms with E-state index in [0.717, 1.165) is 23.9 Å². The van der Waals surface area contributed by atoms with Crippen molar-refractivity contribution in [2.75, 3.05) is 7.11 Å². The lowest BCUT2D eigenvalue weighted by atomic mass is 10.2. The zero-order valence-corrected chi connectivity index (χ0v) is 13.1. The maximum Gasteiger partial charge on any atom is 0.416 e. The van der Waals surface area contributed by atoms with Crippen molar-refractivity contribution in [3.05, 3.63) is 63.7 Å². The SMILES string of the molecule is CO/N=C\c1ccc(Sc2cccc(C(F)(F)F)c2)c([N+](=O)[O-])c1. The quantitative estimate of drug-likeness (QED) is 0.441. The number of nitrogens with zero attached hydrogens (tertiary/aromatic N) is 2. The molecule has 0 saturated carbocycles. The first-order valence-corrected chi connectivity index (χ1v) is 7.33. The zero-order valence-electron chi connectivity index (χ0n) is 12.3. The van der Waals surface area contributed by atoms with E-state index in [-0.39, 0.29) is 15.5 Å². The Bertz CT molecular complexity index is 779. The standard InChI is InChI=1S/C15H11F3N2O3S/c1-23-19-9-10-5-6-14(13(7-10)20(21)22)24-12-4-2-3-11(8-12)15(16,17)18/h2-9H,1H3/b19-9-. The number of oxime groups is 1. The number of hydrogen-bond acceptors (Lipinski definition) is 5. The smallest absolute Gasteiger partial charge is 0.399 e. The van der Waals surface area contributed by atoms with E-state index in [9.17, 15) is 23.3 Å². The molecule has 0 atom stereocenters. The molecule has 0 radical (unpaired) electrons. The molecular weight excluding hydrogens is 345 g/mol. The van der Waals surface area contributed by atoms with Crippen molar-refractivity contribution in [3.63, 3.8) is 0 Å². The third-order valence-corrected chi connectivity index (χ3v) is 3.93. The Morgan fingerprint density at radius 2 is 2.00 bits per heavy atom. The number of benzene rings is 2. The minimum absolute atomic E-state index is 0.225. The molecule has 24 heavy (non-hydrogen) atoms. The molecule has 126 valence electrons. The molecule has 0 amide bonds. The van der Waals surface area contributed by atoms with Crippen molar-refractivity contribution < 1.29 is 22.9 Å². The maximum absolute atomic E-state index is 12.7. The van der Waals surface area contributed by atoms with Gasteiger partial charge in [-0.15, -0.1) is 0 Å². The van der Waals surface area contributed by atoms with Gasteiger partial charge in [-0.2, -0.15) is 13.2 Å². The summed E-state index contributed by atoms with van der Waals surface area (Å²) in [6.07, 6.45) is -3.17. The third-order valence-electron chi connectivity index (χ3n) is 2.88. The highest BCUT2D eigenvalue weighted by molar-refractivity contribution is 7.99. The van der Waals surface area contributed by atoms with Crippen LogP contribution in [0.15, 0.2) is 57.4 Å². The van der Waals surface area contributed by atoms with Crippen molar-refractivity contribution in [1.29, 1.82) is 0 Å². The molecule has 2 aromatic carbocycles. The van der Waals surface area contributed by atoms with Crippen LogP contribution in [0.2, 0.25) is 0 Å². The summed E-state index contributed by atoms with van der Waals surface area (Å²) in [7, 11) is 1.34. The fraction of sp³-hybridized carbons (Fsp3) is 0.133. The van der Waals surface area contributed by atoms with Gasteiger partial charge in [-0.3, -0.25) is 10.1 Å². The van der Waals surface area contributed by atoms with E-state index in [0.29, 0.717) is 5.56 Å². The van der Waals surface area contributed by atoms with Crippen LogP contribution in [0.3, 0.4) is 0 Å². The average Bonchev–Trinajstić information content (AvgIpc) is 2.53. The van der Waals surface area contributed by atoms with Gasteiger partial charge in [0, 0.05) is 16.5 Å². The third kappa shape index (κ3) is 4.48. The van der Waals surface area contributed by atoms with Crippen molar-refractivity contribution in [3.8, 4) is 0 Å². The molecule has 0 unspecified atom stereocenters. The van der Waals surface area contributed by atoms with Crippen molar-refractivity contribution in [2.45, 2.75) is 16.0 Å². The largest absolute Gasteiger partial charge is 0.416 e. The Morgan fingerprint density at radius 3 is 2.62 bits per heavy atom. The normalized spacial score (nSPS) is 11.7. The van der Waals surface area contributed by atoms with Crippen LogP contribution in [0.1, 0.15) is 11.1 Å². The maximum atomic E-state index is 12.7. The number of nitro benzene ring substituents is 1. The Kier molecular flexibility index (Phi) is 5.45. The Morgan fingerprint density at radius 1 is 1.25 bits per heavy atom. The summed E-state index contributed by atoms with van der Waals surface area (Å²) in [5.74, 6) is 0. The first-order chi connectivity index (χ1) is 11.3. The summed E-state index contributed by atoms with van der Waals surface area (Å²) < 4.78 is 38.2. The highest BCUT2D eigenvalue weighted by atomic mass is 32.2. The highest BCUT2D eigenvalue weighted by Crippen LogP contribution is 2.38. The van der Waals surface area contributed by atoms with E-state index in [1.807, 2.05) is 0 Å². The van der Waals surface area contributed by atoms with Gasteiger partial charge in [0.1, 0.15) is 7.11 Å². The summed E-state index contributed by atoms with van der Waals surface area (Å²) in [6.45, 7) is 0. The fourth-order valence-electron chi connectivity index (χ4n) is 1.82. The number of nitro groups is 1. The van der Waals surface area contributed by atoms with Gasteiger partial charge in [0.2, 0.25) is 0 Å². The van der Waals surface area contributed by atoms with Crippen molar-refractivity contribution in [1.82, 2.24) is 0 Å². The van der Waals surface area contributed by atoms with Gasteiger partial charge in [0.25, 0.3) is 5.69 Å². The minimum atomic E-state index is -4.47. The first-order valence-electron chi connectivity index (χ1n) is 6.51. The lowest BCUT2D eigenvalue weighted by molar-refractivity contribution is -0.387. The lowest BCUT2D eigenvalue weighted by Crippen LogP contribution is -2.04. The van der Waals surface area contributed by atoms with Gasteiger partial charge in [-0.1, -0.05) is 29.1 Å². The molecule has 5 nitrogen and oxygen atoms in total. The predicted molar refractivity (Wildman–Crippen MR) is 83.3 cm³/mol. The molecule has 0 aliphatic rings. The second-order valence-electron chi connectivity index (χ2n) is 4.53. The van der Waals surface area contributed by atoms with Gasteiger partial charge in [0.15, 0.2) is 0 Å². The van der Waals surface area contributed by atoms with Gasteiger partial charge >= 0.3 is 6.18 Å². The van der Waals surface area contributed by atoms with Gasteiger partial charge < -0.3 is 4.84 Å². The summed E-state index contributed by atoms with van der Waals surface area (Å²) >= 11 is 0.888. The van der Waals surface area contributed by atoms with E-state index in [1.165, 1.54) is 37.6 Å². The second kappa shape index (κ2) is 7.35. The van der Waals surface area contributed by atoms with E-state index in [1.54, 1.807) is 6.07 Å². The average molecular weight is 356 g/mol. The number of alkyl halides is 3. The molecule has 0 bridgehead atoms. The predicted octanol–water partition coefficient (Wildman–Crippen LogP) is 4.75.